The first kappa shape index (κ1) is 6.15. The van der Waals surface area contributed by atoms with E-state index in [9.17, 15) is 4.79 Å². The fourth-order valence-electron chi connectivity index (χ4n) is 0.432. The number of nitrogens with one attached hydrogen (secondary N) is 1. The zero-order valence-electron chi connectivity index (χ0n) is 4.48. The molecule has 1 aromatic rings. The number of aromatic amines is 1. The molecule has 0 saturated carbocycles. The number of amides is 1. The first-order chi connectivity index (χ1) is 4.34. The third kappa shape index (κ3) is 1.23. The summed E-state index contributed by atoms with van der Waals surface area (Å²) >= 11 is 3.76. The van der Waals surface area contributed by atoms with Gasteiger partial charge >= 0.3 is 0 Å². The van der Waals surface area contributed by atoms with Gasteiger partial charge in [-0.05, 0) is 0 Å². The van der Waals surface area contributed by atoms with E-state index < -0.39 is 0 Å². The van der Waals surface area contributed by atoms with Crippen molar-refractivity contribution in [3.63, 3.8) is 0 Å². The van der Waals surface area contributed by atoms with E-state index in [1.54, 1.807) is 12.4 Å². The maximum Gasteiger partial charge on any atom is 0.226 e. The van der Waals surface area contributed by atoms with Crippen LogP contribution in [0.5, 0.6) is 0 Å². The largest absolute Gasteiger partial charge is 0.330 e. The zero-order valence-corrected chi connectivity index (χ0v) is 5.38. The molecule has 0 aliphatic carbocycles. The number of imidazole rings is 1. The highest BCUT2D eigenvalue weighted by Gasteiger charge is 1.98. The number of nitrogens with zero attached hydrogens (tertiary/aromatic N) is 2. The lowest BCUT2D eigenvalue weighted by Crippen LogP contribution is -2.07. The summed E-state index contributed by atoms with van der Waals surface area (Å²) in [7, 11) is 0. The van der Waals surface area contributed by atoms with Gasteiger partial charge in [0.15, 0.2) is 0 Å². The van der Waals surface area contributed by atoms with Crippen LogP contribution >= 0.6 is 12.8 Å². The Balaban J connectivity index is 2.76. The van der Waals surface area contributed by atoms with Gasteiger partial charge in [0, 0.05) is 12.4 Å². The fraction of sp³-hybridized carbons (Fsp3) is 0. The second-order valence-electron chi connectivity index (χ2n) is 1.36. The summed E-state index contributed by atoms with van der Waals surface area (Å²) < 4.78 is 1.06. The second kappa shape index (κ2) is 2.54. The zero-order chi connectivity index (χ0) is 6.69. The Kier molecular flexibility index (Phi) is 1.74. The van der Waals surface area contributed by atoms with Gasteiger partial charge in [-0.15, -0.1) is 0 Å². The maximum atomic E-state index is 9.99. The number of aromatic nitrogens is 2. The van der Waals surface area contributed by atoms with Crippen molar-refractivity contribution in [2.24, 2.45) is 0 Å². The molecule has 1 N–H and O–H groups in total. The number of carbonyl (C=O) groups excluding carboxylic acids is 1. The van der Waals surface area contributed by atoms with Crippen molar-refractivity contribution < 1.29 is 4.79 Å². The van der Waals surface area contributed by atoms with E-state index in [1.807, 2.05) is 0 Å². The minimum atomic E-state index is 0.424. The van der Waals surface area contributed by atoms with E-state index in [0.29, 0.717) is 12.4 Å². The third-order valence-electron chi connectivity index (χ3n) is 0.801. The molecule has 0 aliphatic heterocycles. The highest BCUT2D eigenvalue weighted by atomic mass is 32.1. The number of hydrogen-bond donors (Lipinski definition) is 2. The summed E-state index contributed by atoms with van der Waals surface area (Å²) in [6.07, 6.45) is 3.71. The topological polar surface area (TPSA) is 49.0 Å². The van der Waals surface area contributed by atoms with Crippen molar-refractivity contribution in [2.45, 2.75) is 0 Å². The predicted octanol–water partition coefficient (Wildman–Crippen LogP) is 0.217. The molecule has 0 bridgehead atoms. The fourth-order valence-corrected chi connectivity index (χ4v) is 0.542. The lowest BCUT2D eigenvalue weighted by molar-refractivity contribution is -0.106. The highest BCUT2D eigenvalue weighted by Crippen LogP contribution is 2.03. The average molecular weight is 143 g/mol. The van der Waals surface area contributed by atoms with Crippen LogP contribution in [0, 0.1) is 0 Å². The van der Waals surface area contributed by atoms with Crippen LogP contribution in [0.25, 0.3) is 0 Å². The van der Waals surface area contributed by atoms with Crippen LogP contribution < -0.4 is 4.31 Å². The number of rotatable bonds is 2. The normalized spacial score (nSPS) is 9.00. The van der Waals surface area contributed by atoms with E-state index in [-0.39, 0.29) is 0 Å². The minimum Gasteiger partial charge on any atom is -0.330 e. The van der Waals surface area contributed by atoms with Crippen LogP contribution in [-0.4, -0.2) is 16.4 Å². The molecule has 0 radical (unpaired) electrons. The minimum absolute atomic E-state index is 0.424. The van der Waals surface area contributed by atoms with Crippen LogP contribution in [0.4, 0.5) is 5.95 Å². The Morgan fingerprint density at radius 3 is 3.11 bits per heavy atom. The van der Waals surface area contributed by atoms with Crippen LogP contribution in [0.3, 0.4) is 0 Å². The lowest BCUT2D eigenvalue weighted by Gasteiger charge is -2.00. The molecule has 9 heavy (non-hydrogen) atoms. The van der Waals surface area contributed by atoms with Gasteiger partial charge in [-0.3, -0.25) is 4.79 Å². The predicted molar refractivity (Wildman–Crippen MR) is 36.1 cm³/mol. The molecule has 0 saturated heterocycles. The summed E-state index contributed by atoms with van der Waals surface area (Å²) in [5.41, 5.74) is 0. The summed E-state index contributed by atoms with van der Waals surface area (Å²) in [5, 5.41) is 0. The molecule has 1 rings (SSSR count). The molecule has 0 unspecified atom stereocenters. The molecule has 0 aliphatic rings. The third-order valence-corrected chi connectivity index (χ3v) is 1.08. The summed E-state index contributed by atoms with van der Waals surface area (Å²) in [6, 6.07) is 0. The Morgan fingerprint density at radius 1 is 1.89 bits per heavy atom. The SMILES string of the molecule is O=CN(S)c1ncc[nH]1. The second-order valence-corrected chi connectivity index (χ2v) is 1.79. The van der Waals surface area contributed by atoms with E-state index in [0.717, 1.165) is 4.31 Å². The van der Waals surface area contributed by atoms with Gasteiger partial charge in [0.2, 0.25) is 12.4 Å². The first-order valence-electron chi connectivity index (χ1n) is 2.27. The standard InChI is InChI=1S/C4H5N3OS/c8-3-7(9)4-5-1-2-6-4/h1-3,9H,(H,5,6). The Bertz CT molecular complexity index is 186. The van der Waals surface area contributed by atoms with E-state index in [2.05, 4.69) is 22.8 Å². The van der Waals surface area contributed by atoms with E-state index in [1.165, 1.54) is 0 Å². The van der Waals surface area contributed by atoms with Crippen molar-refractivity contribution in [2.75, 3.05) is 4.31 Å². The van der Waals surface area contributed by atoms with Crippen LogP contribution in [0.2, 0.25) is 0 Å². The molecule has 0 fully saturated rings. The van der Waals surface area contributed by atoms with Gasteiger partial charge in [0.05, 0.1) is 0 Å². The molecule has 48 valence electrons. The molecular formula is C4H5N3OS. The molecular weight excluding hydrogens is 138 g/mol. The molecule has 0 spiro atoms. The quantitative estimate of drug-likeness (QED) is 0.459. The number of anilines is 1. The summed E-state index contributed by atoms with van der Waals surface area (Å²) in [5.74, 6) is 0.424. The van der Waals surface area contributed by atoms with Gasteiger partial charge in [0.1, 0.15) is 0 Å². The van der Waals surface area contributed by atoms with Crippen LogP contribution in [0.15, 0.2) is 12.4 Å². The number of H-pyrrole nitrogens is 1. The van der Waals surface area contributed by atoms with Crippen molar-refractivity contribution in [3.8, 4) is 0 Å². The molecule has 1 amide bonds. The van der Waals surface area contributed by atoms with Gasteiger partial charge in [-0.1, -0.05) is 12.8 Å². The van der Waals surface area contributed by atoms with Gasteiger partial charge in [0.25, 0.3) is 0 Å². The number of carbonyl (C=O) groups is 1. The molecule has 0 atom stereocenters. The monoisotopic (exact) mass is 143 g/mol. The molecule has 1 heterocycles. The van der Waals surface area contributed by atoms with Crippen molar-refractivity contribution in [1.82, 2.24) is 9.97 Å². The first-order valence-corrected chi connectivity index (χ1v) is 2.67. The lowest BCUT2D eigenvalue weighted by atomic mass is 11.0. The van der Waals surface area contributed by atoms with Crippen molar-refractivity contribution in [3.05, 3.63) is 12.4 Å². The van der Waals surface area contributed by atoms with E-state index >= 15 is 0 Å². The van der Waals surface area contributed by atoms with Crippen LogP contribution in [0.1, 0.15) is 0 Å². The average Bonchev–Trinajstić information content (AvgIpc) is 2.37. The molecule has 1 aromatic heterocycles. The van der Waals surface area contributed by atoms with Crippen molar-refractivity contribution in [1.29, 1.82) is 0 Å². The van der Waals surface area contributed by atoms with Gasteiger partial charge in [-0.25, -0.2) is 9.29 Å². The Morgan fingerprint density at radius 2 is 2.67 bits per heavy atom. The van der Waals surface area contributed by atoms with Gasteiger partial charge < -0.3 is 4.98 Å². The smallest absolute Gasteiger partial charge is 0.226 e. The molecule has 5 heteroatoms. The Labute approximate surface area is 57.4 Å². The number of hydrogen-bond acceptors (Lipinski definition) is 3. The highest BCUT2D eigenvalue weighted by molar-refractivity contribution is 7.82. The molecule has 0 aromatic carbocycles. The Hall–Kier alpha value is -0.970. The molecule has 4 nitrogen and oxygen atoms in total. The maximum absolute atomic E-state index is 9.99. The van der Waals surface area contributed by atoms with Gasteiger partial charge in [-0.2, -0.15) is 0 Å². The van der Waals surface area contributed by atoms with Crippen molar-refractivity contribution >= 4 is 25.2 Å². The number of thiol groups is 1. The summed E-state index contributed by atoms with van der Waals surface area (Å²) in [6.45, 7) is 0. The van der Waals surface area contributed by atoms with Crippen LogP contribution in [-0.2, 0) is 4.79 Å². The van der Waals surface area contributed by atoms with E-state index in [4.69, 9.17) is 0 Å². The summed E-state index contributed by atoms with van der Waals surface area (Å²) in [4.78, 5) is 16.4.